The molecule has 0 aliphatic carbocycles. The van der Waals surface area contributed by atoms with E-state index in [1.54, 1.807) is 0 Å². The first-order valence-corrected chi connectivity index (χ1v) is 6.58. The van der Waals surface area contributed by atoms with Crippen LogP contribution in [-0.2, 0) is 11.3 Å². The summed E-state index contributed by atoms with van der Waals surface area (Å²) < 4.78 is 5.75. The number of rotatable bonds is 3. The van der Waals surface area contributed by atoms with Crippen molar-refractivity contribution in [1.82, 2.24) is 5.32 Å². The summed E-state index contributed by atoms with van der Waals surface area (Å²) in [6, 6.07) is 9.17. The Bertz CT molecular complexity index is 354. The molecule has 2 nitrogen and oxygen atoms in total. The van der Waals surface area contributed by atoms with Crippen LogP contribution in [0.1, 0.15) is 37.8 Å². The minimum atomic E-state index is 0.383. The lowest BCUT2D eigenvalue weighted by atomic mass is 9.99. The van der Waals surface area contributed by atoms with Crippen LogP contribution in [0.15, 0.2) is 24.3 Å². The van der Waals surface area contributed by atoms with E-state index in [4.69, 9.17) is 4.74 Å². The molecule has 2 atom stereocenters. The Morgan fingerprint density at radius 1 is 1.18 bits per heavy atom. The first kappa shape index (κ1) is 12.6. The second-order valence-electron chi connectivity index (χ2n) is 5.23. The smallest absolute Gasteiger partial charge is 0.0565 e. The summed E-state index contributed by atoms with van der Waals surface area (Å²) in [4.78, 5) is 0. The second-order valence-corrected chi connectivity index (χ2v) is 5.23. The van der Waals surface area contributed by atoms with Crippen LogP contribution in [0.2, 0.25) is 0 Å². The molecule has 0 spiro atoms. The van der Waals surface area contributed by atoms with Crippen LogP contribution in [0.5, 0.6) is 0 Å². The Balaban J connectivity index is 1.88. The Hall–Kier alpha value is -0.860. The van der Waals surface area contributed by atoms with E-state index < -0.39 is 0 Å². The lowest BCUT2D eigenvalue weighted by Crippen LogP contribution is -2.41. The molecular weight excluding hydrogens is 210 g/mol. The predicted molar refractivity (Wildman–Crippen MR) is 71.0 cm³/mol. The predicted octanol–water partition coefficient (Wildman–Crippen LogP) is 3.04. The standard InChI is InChI=1S/C15H23NO/c1-11-6-4-5-7-14(11)10-16-15-8-12(2)17-13(3)9-15/h4-7,12-13,15-16H,8-10H2,1-3H3. The topological polar surface area (TPSA) is 21.3 Å². The summed E-state index contributed by atoms with van der Waals surface area (Å²) in [5, 5.41) is 3.66. The van der Waals surface area contributed by atoms with Crippen molar-refractivity contribution in [2.45, 2.75) is 58.4 Å². The maximum atomic E-state index is 5.75. The molecule has 2 heteroatoms. The van der Waals surface area contributed by atoms with Crippen LogP contribution in [0, 0.1) is 6.92 Å². The lowest BCUT2D eigenvalue weighted by Gasteiger charge is -2.32. The molecule has 1 N–H and O–H groups in total. The summed E-state index contributed by atoms with van der Waals surface area (Å²) in [5.41, 5.74) is 2.77. The highest BCUT2D eigenvalue weighted by molar-refractivity contribution is 5.25. The van der Waals surface area contributed by atoms with Crippen molar-refractivity contribution in [2.24, 2.45) is 0 Å². The van der Waals surface area contributed by atoms with Gasteiger partial charge in [0.1, 0.15) is 0 Å². The van der Waals surface area contributed by atoms with Crippen molar-refractivity contribution in [2.75, 3.05) is 0 Å². The Morgan fingerprint density at radius 2 is 1.82 bits per heavy atom. The third-order valence-corrected chi connectivity index (χ3v) is 3.54. The highest BCUT2D eigenvalue weighted by Crippen LogP contribution is 2.19. The van der Waals surface area contributed by atoms with Gasteiger partial charge in [-0.25, -0.2) is 0 Å². The lowest BCUT2D eigenvalue weighted by molar-refractivity contribution is -0.0422. The molecule has 1 heterocycles. The summed E-state index contributed by atoms with van der Waals surface area (Å²) in [5.74, 6) is 0. The normalized spacial score (nSPS) is 29.2. The van der Waals surface area contributed by atoms with Gasteiger partial charge in [-0.05, 0) is 44.7 Å². The van der Waals surface area contributed by atoms with Gasteiger partial charge in [0.25, 0.3) is 0 Å². The molecule has 0 saturated carbocycles. The van der Waals surface area contributed by atoms with Gasteiger partial charge in [-0.15, -0.1) is 0 Å². The third-order valence-electron chi connectivity index (χ3n) is 3.54. The first-order valence-electron chi connectivity index (χ1n) is 6.58. The number of ether oxygens (including phenoxy) is 1. The fourth-order valence-electron chi connectivity index (χ4n) is 2.63. The zero-order valence-electron chi connectivity index (χ0n) is 11.1. The van der Waals surface area contributed by atoms with Gasteiger partial charge in [0, 0.05) is 12.6 Å². The van der Waals surface area contributed by atoms with Crippen molar-refractivity contribution < 1.29 is 4.74 Å². The molecule has 1 aliphatic rings. The van der Waals surface area contributed by atoms with E-state index in [0.29, 0.717) is 18.2 Å². The summed E-state index contributed by atoms with van der Waals surface area (Å²) in [7, 11) is 0. The Morgan fingerprint density at radius 3 is 2.47 bits per heavy atom. The van der Waals surface area contributed by atoms with Crippen molar-refractivity contribution in [3.8, 4) is 0 Å². The van der Waals surface area contributed by atoms with Crippen LogP contribution in [0.4, 0.5) is 0 Å². The number of benzene rings is 1. The van der Waals surface area contributed by atoms with E-state index >= 15 is 0 Å². The van der Waals surface area contributed by atoms with Gasteiger partial charge < -0.3 is 10.1 Å². The van der Waals surface area contributed by atoms with E-state index in [1.165, 1.54) is 11.1 Å². The highest BCUT2D eigenvalue weighted by Gasteiger charge is 2.23. The summed E-state index contributed by atoms with van der Waals surface area (Å²) in [6.07, 6.45) is 3.01. The fourth-order valence-corrected chi connectivity index (χ4v) is 2.63. The summed E-state index contributed by atoms with van der Waals surface area (Å²) in [6.45, 7) is 7.47. The van der Waals surface area contributed by atoms with E-state index in [1.807, 2.05) is 0 Å². The molecule has 0 aromatic heterocycles. The first-order chi connectivity index (χ1) is 8.15. The SMILES string of the molecule is Cc1ccccc1CNC1CC(C)OC(C)C1. The highest BCUT2D eigenvalue weighted by atomic mass is 16.5. The van der Waals surface area contributed by atoms with E-state index in [0.717, 1.165) is 19.4 Å². The molecule has 2 rings (SSSR count). The van der Waals surface area contributed by atoms with Gasteiger partial charge in [-0.3, -0.25) is 0 Å². The largest absolute Gasteiger partial charge is 0.375 e. The zero-order valence-corrected chi connectivity index (χ0v) is 11.1. The van der Waals surface area contributed by atoms with Gasteiger partial charge in [0.15, 0.2) is 0 Å². The average Bonchev–Trinajstić information content (AvgIpc) is 2.27. The Labute approximate surface area is 104 Å². The molecule has 0 bridgehead atoms. The molecule has 0 radical (unpaired) electrons. The van der Waals surface area contributed by atoms with Crippen molar-refractivity contribution in [3.63, 3.8) is 0 Å². The van der Waals surface area contributed by atoms with Crippen molar-refractivity contribution >= 4 is 0 Å². The molecule has 1 fully saturated rings. The second kappa shape index (κ2) is 5.65. The van der Waals surface area contributed by atoms with E-state index in [2.05, 4.69) is 50.4 Å². The van der Waals surface area contributed by atoms with Crippen LogP contribution in [-0.4, -0.2) is 18.2 Å². The monoisotopic (exact) mass is 233 g/mol. The quantitative estimate of drug-likeness (QED) is 0.866. The molecule has 17 heavy (non-hydrogen) atoms. The molecule has 1 aromatic rings. The molecule has 94 valence electrons. The fraction of sp³-hybridized carbons (Fsp3) is 0.600. The maximum absolute atomic E-state index is 5.75. The van der Waals surface area contributed by atoms with Crippen LogP contribution >= 0.6 is 0 Å². The van der Waals surface area contributed by atoms with Gasteiger partial charge >= 0.3 is 0 Å². The molecule has 1 aromatic carbocycles. The molecule has 2 unspecified atom stereocenters. The zero-order chi connectivity index (χ0) is 12.3. The number of aryl methyl sites for hydroxylation is 1. The minimum absolute atomic E-state index is 0.383. The number of hydrogen-bond donors (Lipinski definition) is 1. The molecular formula is C15H23NO. The molecule has 0 amide bonds. The van der Waals surface area contributed by atoms with Gasteiger partial charge in [0.2, 0.25) is 0 Å². The minimum Gasteiger partial charge on any atom is -0.375 e. The average molecular weight is 233 g/mol. The number of nitrogens with one attached hydrogen (secondary N) is 1. The third kappa shape index (κ3) is 3.55. The summed E-state index contributed by atoms with van der Waals surface area (Å²) >= 11 is 0. The van der Waals surface area contributed by atoms with Gasteiger partial charge in [-0.2, -0.15) is 0 Å². The number of hydrogen-bond acceptors (Lipinski definition) is 2. The van der Waals surface area contributed by atoms with Crippen molar-refractivity contribution in [3.05, 3.63) is 35.4 Å². The Kier molecular flexibility index (Phi) is 4.19. The van der Waals surface area contributed by atoms with E-state index in [-0.39, 0.29) is 0 Å². The van der Waals surface area contributed by atoms with Gasteiger partial charge in [-0.1, -0.05) is 24.3 Å². The van der Waals surface area contributed by atoms with Crippen LogP contribution in [0.25, 0.3) is 0 Å². The van der Waals surface area contributed by atoms with Crippen LogP contribution < -0.4 is 5.32 Å². The molecule has 1 aliphatic heterocycles. The van der Waals surface area contributed by atoms with E-state index in [9.17, 15) is 0 Å². The maximum Gasteiger partial charge on any atom is 0.0565 e. The molecule has 1 saturated heterocycles. The van der Waals surface area contributed by atoms with Crippen LogP contribution in [0.3, 0.4) is 0 Å². The van der Waals surface area contributed by atoms with Crippen molar-refractivity contribution in [1.29, 1.82) is 0 Å². The van der Waals surface area contributed by atoms with Gasteiger partial charge in [0.05, 0.1) is 12.2 Å².